The van der Waals surface area contributed by atoms with Crippen molar-refractivity contribution >= 4 is 29.1 Å². The molecule has 0 aromatic heterocycles. The first-order valence-corrected chi connectivity index (χ1v) is 7.77. The van der Waals surface area contributed by atoms with Crippen LogP contribution in [0.3, 0.4) is 0 Å². The molecule has 20 heavy (non-hydrogen) atoms. The SMILES string of the molecule is NCC1CCN(C(=O)CCc2ccc(Cl)cc2Cl)CC1. The van der Waals surface area contributed by atoms with Crippen LogP contribution in [-0.4, -0.2) is 30.4 Å². The van der Waals surface area contributed by atoms with Crippen LogP contribution in [-0.2, 0) is 11.2 Å². The number of carbonyl (C=O) groups excluding carboxylic acids is 1. The van der Waals surface area contributed by atoms with Crippen LogP contribution in [0, 0.1) is 5.92 Å². The summed E-state index contributed by atoms with van der Waals surface area (Å²) in [5.41, 5.74) is 6.63. The minimum atomic E-state index is 0.200. The number of likely N-dealkylation sites (tertiary alicyclic amines) is 1. The van der Waals surface area contributed by atoms with Crippen LogP contribution in [0.2, 0.25) is 10.0 Å². The molecule has 0 spiro atoms. The maximum Gasteiger partial charge on any atom is 0.222 e. The van der Waals surface area contributed by atoms with Crippen LogP contribution in [0.1, 0.15) is 24.8 Å². The van der Waals surface area contributed by atoms with Crippen LogP contribution in [0.25, 0.3) is 0 Å². The molecule has 0 unspecified atom stereocenters. The van der Waals surface area contributed by atoms with E-state index in [4.69, 9.17) is 28.9 Å². The number of amides is 1. The quantitative estimate of drug-likeness (QED) is 0.928. The Labute approximate surface area is 130 Å². The number of carbonyl (C=O) groups is 1. The second kappa shape index (κ2) is 7.30. The minimum Gasteiger partial charge on any atom is -0.343 e. The molecule has 1 aromatic rings. The van der Waals surface area contributed by atoms with Gasteiger partial charge in [-0.1, -0.05) is 29.3 Å². The topological polar surface area (TPSA) is 46.3 Å². The normalized spacial score (nSPS) is 16.4. The van der Waals surface area contributed by atoms with E-state index in [-0.39, 0.29) is 5.91 Å². The van der Waals surface area contributed by atoms with Crippen LogP contribution >= 0.6 is 23.2 Å². The Morgan fingerprint density at radius 2 is 2.00 bits per heavy atom. The number of nitrogens with zero attached hydrogens (tertiary/aromatic N) is 1. The summed E-state index contributed by atoms with van der Waals surface area (Å²) in [5, 5.41) is 1.25. The van der Waals surface area contributed by atoms with Crippen molar-refractivity contribution in [2.24, 2.45) is 11.7 Å². The van der Waals surface area contributed by atoms with Crippen molar-refractivity contribution in [2.75, 3.05) is 19.6 Å². The Hall–Kier alpha value is -0.770. The van der Waals surface area contributed by atoms with Gasteiger partial charge in [0.2, 0.25) is 5.91 Å². The molecule has 0 bridgehead atoms. The summed E-state index contributed by atoms with van der Waals surface area (Å²) in [6.45, 7) is 2.38. The van der Waals surface area contributed by atoms with Gasteiger partial charge in [0.05, 0.1) is 0 Å². The highest BCUT2D eigenvalue weighted by molar-refractivity contribution is 6.35. The molecule has 2 rings (SSSR count). The van der Waals surface area contributed by atoms with E-state index in [0.29, 0.717) is 28.8 Å². The monoisotopic (exact) mass is 314 g/mol. The highest BCUT2D eigenvalue weighted by atomic mass is 35.5. The summed E-state index contributed by atoms with van der Waals surface area (Å²) >= 11 is 12.0. The largest absolute Gasteiger partial charge is 0.343 e. The second-order valence-corrected chi connectivity index (χ2v) is 6.14. The number of rotatable bonds is 4. The van der Waals surface area contributed by atoms with Crippen molar-refractivity contribution in [3.05, 3.63) is 33.8 Å². The predicted octanol–water partition coefficient (Wildman–Crippen LogP) is 3.12. The molecule has 1 aromatic carbocycles. The van der Waals surface area contributed by atoms with E-state index in [2.05, 4.69) is 0 Å². The smallest absolute Gasteiger partial charge is 0.222 e. The molecular formula is C15H20Cl2N2O. The third-order valence-corrected chi connectivity index (χ3v) is 4.51. The van der Waals surface area contributed by atoms with Crippen molar-refractivity contribution in [1.29, 1.82) is 0 Å². The van der Waals surface area contributed by atoms with Gasteiger partial charge in [0.25, 0.3) is 0 Å². The fourth-order valence-electron chi connectivity index (χ4n) is 2.54. The van der Waals surface area contributed by atoms with E-state index in [1.807, 2.05) is 11.0 Å². The van der Waals surface area contributed by atoms with Crippen molar-refractivity contribution in [3.8, 4) is 0 Å². The molecule has 1 fully saturated rings. The average molecular weight is 315 g/mol. The number of halogens is 2. The molecule has 2 N–H and O–H groups in total. The molecule has 110 valence electrons. The fourth-order valence-corrected chi connectivity index (χ4v) is 3.05. The van der Waals surface area contributed by atoms with E-state index in [9.17, 15) is 4.79 Å². The van der Waals surface area contributed by atoms with Gasteiger partial charge in [0.15, 0.2) is 0 Å². The van der Waals surface area contributed by atoms with E-state index >= 15 is 0 Å². The predicted molar refractivity (Wildman–Crippen MR) is 83.1 cm³/mol. The van der Waals surface area contributed by atoms with E-state index < -0.39 is 0 Å². The lowest BCUT2D eigenvalue weighted by atomic mass is 9.96. The molecule has 1 heterocycles. The van der Waals surface area contributed by atoms with Gasteiger partial charge < -0.3 is 10.6 Å². The molecule has 1 saturated heterocycles. The summed E-state index contributed by atoms with van der Waals surface area (Å²) in [4.78, 5) is 14.1. The number of piperidine rings is 1. The minimum absolute atomic E-state index is 0.200. The summed E-state index contributed by atoms with van der Waals surface area (Å²) < 4.78 is 0. The molecule has 0 radical (unpaired) electrons. The maximum atomic E-state index is 12.2. The Bertz CT molecular complexity index is 471. The van der Waals surface area contributed by atoms with E-state index in [1.54, 1.807) is 12.1 Å². The van der Waals surface area contributed by atoms with Gasteiger partial charge >= 0.3 is 0 Å². The van der Waals surface area contributed by atoms with Gasteiger partial charge in [-0.25, -0.2) is 0 Å². The Morgan fingerprint density at radius 1 is 1.30 bits per heavy atom. The van der Waals surface area contributed by atoms with Crippen molar-refractivity contribution in [1.82, 2.24) is 4.90 Å². The number of aryl methyl sites for hydroxylation is 1. The number of hydrogen-bond donors (Lipinski definition) is 1. The fraction of sp³-hybridized carbons (Fsp3) is 0.533. The highest BCUT2D eigenvalue weighted by Gasteiger charge is 2.21. The zero-order valence-corrected chi connectivity index (χ0v) is 13.0. The van der Waals surface area contributed by atoms with Crippen molar-refractivity contribution in [3.63, 3.8) is 0 Å². The second-order valence-electron chi connectivity index (χ2n) is 5.30. The zero-order valence-electron chi connectivity index (χ0n) is 11.4. The lowest BCUT2D eigenvalue weighted by molar-refractivity contribution is -0.132. The first-order valence-electron chi connectivity index (χ1n) is 7.02. The van der Waals surface area contributed by atoms with Crippen molar-refractivity contribution < 1.29 is 4.79 Å². The first kappa shape index (κ1) is 15.6. The van der Waals surface area contributed by atoms with Gasteiger partial charge in [0.1, 0.15) is 0 Å². The summed E-state index contributed by atoms with van der Waals surface area (Å²) in [6, 6.07) is 5.41. The van der Waals surface area contributed by atoms with Gasteiger partial charge in [-0.2, -0.15) is 0 Å². The molecule has 5 heteroatoms. The van der Waals surface area contributed by atoms with E-state index in [0.717, 1.165) is 38.0 Å². The zero-order chi connectivity index (χ0) is 14.5. The van der Waals surface area contributed by atoms with Gasteiger partial charge in [0, 0.05) is 29.6 Å². The lowest BCUT2D eigenvalue weighted by Gasteiger charge is -2.31. The van der Waals surface area contributed by atoms with Crippen LogP contribution in [0.4, 0.5) is 0 Å². The Balaban J connectivity index is 1.83. The van der Waals surface area contributed by atoms with Gasteiger partial charge in [-0.05, 0) is 49.4 Å². The number of benzene rings is 1. The summed E-state index contributed by atoms with van der Waals surface area (Å²) in [7, 11) is 0. The average Bonchev–Trinajstić information content (AvgIpc) is 2.46. The highest BCUT2D eigenvalue weighted by Crippen LogP contribution is 2.23. The third kappa shape index (κ3) is 4.11. The summed E-state index contributed by atoms with van der Waals surface area (Å²) in [5.74, 6) is 0.774. The molecule has 1 aliphatic rings. The molecule has 0 saturated carbocycles. The van der Waals surface area contributed by atoms with Crippen LogP contribution < -0.4 is 5.73 Å². The van der Waals surface area contributed by atoms with Crippen LogP contribution in [0.15, 0.2) is 18.2 Å². The molecule has 1 amide bonds. The third-order valence-electron chi connectivity index (χ3n) is 3.92. The van der Waals surface area contributed by atoms with E-state index in [1.165, 1.54) is 0 Å². The first-order chi connectivity index (χ1) is 9.60. The number of hydrogen-bond acceptors (Lipinski definition) is 2. The standard InChI is InChI=1S/C15H20Cl2N2O/c16-13-3-1-12(14(17)9-13)2-4-15(20)19-7-5-11(10-18)6-8-19/h1,3,9,11H,2,4-8,10,18H2. The van der Waals surface area contributed by atoms with Crippen LogP contribution in [0.5, 0.6) is 0 Å². The van der Waals surface area contributed by atoms with Gasteiger partial charge in [-0.15, -0.1) is 0 Å². The maximum absolute atomic E-state index is 12.2. The van der Waals surface area contributed by atoms with Gasteiger partial charge in [-0.3, -0.25) is 4.79 Å². The Morgan fingerprint density at radius 3 is 2.60 bits per heavy atom. The molecule has 0 atom stereocenters. The Kier molecular flexibility index (Phi) is 5.70. The summed E-state index contributed by atoms with van der Waals surface area (Å²) in [6.07, 6.45) is 3.19. The lowest BCUT2D eigenvalue weighted by Crippen LogP contribution is -2.40. The molecule has 0 aliphatic carbocycles. The van der Waals surface area contributed by atoms with Crippen molar-refractivity contribution in [2.45, 2.75) is 25.7 Å². The molecule has 3 nitrogen and oxygen atoms in total. The molecular weight excluding hydrogens is 295 g/mol. The number of nitrogens with two attached hydrogens (primary N) is 1. The molecule has 1 aliphatic heterocycles.